The number of benzene rings is 2. The summed E-state index contributed by atoms with van der Waals surface area (Å²) in [7, 11) is 0. The predicted molar refractivity (Wildman–Crippen MR) is 129 cm³/mol. The number of halogens is 3. The second kappa shape index (κ2) is 8.53. The molecule has 1 amide bonds. The number of pyridine rings is 1. The molecule has 2 aromatic carbocycles. The number of hydrogen-bond acceptors (Lipinski definition) is 5. The van der Waals surface area contributed by atoms with Crippen LogP contribution in [0.25, 0.3) is 16.6 Å². The van der Waals surface area contributed by atoms with E-state index in [9.17, 15) is 28.3 Å². The van der Waals surface area contributed by atoms with Crippen molar-refractivity contribution in [2.75, 3.05) is 18.0 Å². The van der Waals surface area contributed by atoms with Gasteiger partial charge in [-0.25, -0.2) is 22.8 Å². The Bertz CT molecular complexity index is 1500. The number of hydrogen-bond donors (Lipinski definition) is 2. The lowest BCUT2D eigenvalue weighted by molar-refractivity contribution is 0.0517. The molecular formula is C26H24F3N3O5. The fourth-order valence-corrected chi connectivity index (χ4v) is 4.99. The number of carboxylic acid groups (broad SMARTS) is 1. The molecule has 194 valence electrons. The fraction of sp³-hybridized carbons (Fsp3) is 0.346. The molecule has 2 aliphatic rings. The summed E-state index contributed by atoms with van der Waals surface area (Å²) in [6.45, 7) is 6.15. The van der Waals surface area contributed by atoms with Crippen LogP contribution in [0.4, 0.5) is 23.7 Å². The summed E-state index contributed by atoms with van der Waals surface area (Å²) in [5, 5.41) is 12.1. The molecule has 2 N–H and O–H groups in total. The van der Waals surface area contributed by atoms with Crippen molar-refractivity contribution in [1.82, 2.24) is 9.88 Å². The molecule has 37 heavy (non-hydrogen) atoms. The third kappa shape index (κ3) is 4.49. The van der Waals surface area contributed by atoms with Gasteiger partial charge < -0.3 is 24.6 Å². The number of carboxylic acids is 1. The summed E-state index contributed by atoms with van der Waals surface area (Å²) < 4.78 is 49.8. The Kier molecular flexibility index (Phi) is 5.69. The molecule has 5 rings (SSSR count). The molecular weight excluding hydrogens is 491 g/mol. The van der Waals surface area contributed by atoms with E-state index in [0.29, 0.717) is 19.2 Å². The molecule has 1 saturated carbocycles. The van der Waals surface area contributed by atoms with Gasteiger partial charge in [0.2, 0.25) is 5.43 Å². The van der Waals surface area contributed by atoms with Crippen LogP contribution in [0.5, 0.6) is 0 Å². The molecule has 2 heterocycles. The van der Waals surface area contributed by atoms with Gasteiger partial charge in [-0.05, 0) is 45.0 Å². The zero-order valence-electron chi connectivity index (χ0n) is 20.2. The van der Waals surface area contributed by atoms with Gasteiger partial charge in [0, 0.05) is 48.6 Å². The number of anilines is 1. The Morgan fingerprint density at radius 1 is 1.03 bits per heavy atom. The lowest BCUT2D eigenvalue weighted by atomic mass is 10.1. The van der Waals surface area contributed by atoms with Crippen molar-refractivity contribution < 1.29 is 32.6 Å². The number of ether oxygens (including phenoxy) is 1. The number of amides is 1. The highest BCUT2D eigenvalue weighted by molar-refractivity contribution is 5.94. The lowest BCUT2D eigenvalue weighted by Crippen LogP contribution is -2.38. The maximum atomic E-state index is 15.2. The first kappa shape index (κ1) is 24.7. The van der Waals surface area contributed by atoms with Gasteiger partial charge in [0.1, 0.15) is 28.6 Å². The molecule has 0 bridgehead atoms. The molecule has 1 aromatic heterocycles. The number of nitrogens with one attached hydrogen (secondary N) is 1. The molecule has 1 aliphatic carbocycles. The normalized spacial score (nSPS) is 20.6. The van der Waals surface area contributed by atoms with Gasteiger partial charge in [0.05, 0.1) is 16.9 Å². The summed E-state index contributed by atoms with van der Waals surface area (Å²) in [5.41, 5.74) is -2.21. The van der Waals surface area contributed by atoms with Crippen molar-refractivity contribution >= 4 is 28.7 Å². The van der Waals surface area contributed by atoms with Crippen molar-refractivity contribution in [3.63, 3.8) is 0 Å². The summed E-state index contributed by atoms with van der Waals surface area (Å²) in [4.78, 5) is 38.3. The van der Waals surface area contributed by atoms with Crippen LogP contribution in [-0.2, 0) is 4.74 Å². The van der Waals surface area contributed by atoms with Crippen LogP contribution in [0.2, 0.25) is 0 Å². The Labute approximate surface area is 209 Å². The number of carbonyl (C=O) groups excluding carboxylic acids is 1. The van der Waals surface area contributed by atoms with Gasteiger partial charge in [-0.15, -0.1) is 0 Å². The first-order valence-corrected chi connectivity index (χ1v) is 11.7. The van der Waals surface area contributed by atoms with Crippen LogP contribution in [0.15, 0.2) is 41.3 Å². The highest BCUT2D eigenvalue weighted by Crippen LogP contribution is 2.47. The van der Waals surface area contributed by atoms with E-state index in [1.807, 2.05) is 0 Å². The molecule has 0 unspecified atom stereocenters. The summed E-state index contributed by atoms with van der Waals surface area (Å²) >= 11 is 0. The molecule has 2 fully saturated rings. The highest BCUT2D eigenvalue weighted by Gasteiger charge is 2.57. The smallest absolute Gasteiger partial charge is 0.407 e. The molecule has 0 spiro atoms. The SMILES string of the molecule is CC(C)(C)OC(=O)N[C@H]1[C@@H]2CN(c3cc4c(cc3F)c(=O)c(C(=O)O)cn4-c3ccc(F)cc3F)C[C@@H]21. The molecule has 11 heteroatoms. The number of aromatic carboxylic acids is 1. The van der Waals surface area contributed by atoms with Crippen LogP contribution in [0.3, 0.4) is 0 Å². The van der Waals surface area contributed by atoms with Crippen LogP contribution in [0, 0.1) is 29.3 Å². The summed E-state index contributed by atoms with van der Waals surface area (Å²) in [5.74, 6) is -3.96. The van der Waals surface area contributed by atoms with Crippen molar-refractivity contribution in [3.8, 4) is 5.69 Å². The Morgan fingerprint density at radius 2 is 1.68 bits per heavy atom. The third-order valence-corrected chi connectivity index (χ3v) is 6.69. The average molecular weight is 515 g/mol. The second-order valence-electron chi connectivity index (χ2n) is 10.4. The van der Waals surface area contributed by atoms with E-state index in [4.69, 9.17) is 4.74 Å². The average Bonchev–Trinajstić information content (AvgIpc) is 3.21. The zero-order valence-corrected chi connectivity index (χ0v) is 20.2. The molecule has 1 saturated heterocycles. The minimum absolute atomic E-state index is 0.0703. The van der Waals surface area contributed by atoms with E-state index in [0.717, 1.165) is 29.0 Å². The van der Waals surface area contributed by atoms with Gasteiger partial charge in [-0.1, -0.05) is 0 Å². The summed E-state index contributed by atoms with van der Waals surface area (Å²) in [6.07, 6.45) is 0.433. The van der Waals surface area contributed by atoms with E-state index >= 15 is 4.39 Å². The Balaban J connectivity index is 1.49. The number of piperidine rings is 1. The standard InChI is InChI=1S/C26H24F3N3O5/c1-26(2,3)37-25(36)30-22-14-9-31(10-15(14)22)21-8-20-13(7-18(21)29)23(33)16(24(34)35)11-32(20)19-5-4-12(27)6-17(19)28/h4-8,11,14-15,22H,9-10H2,1-3H3,(H,30,36)(H,34,35)/t14-,15+,22+. The van der Waals surface area contributed by atoms with Crippen molar-refractivity contribution in [2.24, 2.45) is 11.8 Å². The van der Waals surface area contributed by atoms with E-state index in [1.165, 1.54) is 6.07 Å². The Hall–Kier alpha value is -4.02. The Morgan fingerprint density at radius 3 is 2.27 bits per heavy atom. The molecule has 0 radical (unpaired) electrons. The van der Waals surface area contributed by atoms with Crippen molar-refractivity contribution in [2.45, 2.75) is 32.4 Å². The van der Waals surface area contributed by atoms with E-state index < -0.39 is 46.1 Å². The van der Waals surface area contributed by atoms with E-state index in [2.05, 4.69) is 5.32 Å². The zero-order chi connectivity index (χ0) is 26.8. The number of fused-ring (bicyclic) bond motifs is 2. The van der Waals surface area contributed by atoms with Crippen LogP contribution in [-0.4, -0.2) is 46.5 Å². The maximum Gasteiger partial charge on any atom is 0.407 e. The number of nitrogens with zero attached hydrogens (tertiary/aromatic N) is 2. The minimum Gasteiger partial charge on any atom is -0.477 e. The monoisotopic (exact) mass is 515 g/mol. The van der Waals surface area contributed by atoms with Gasteiger partial charge >= 0.3 is 12.1 Å². The van der Waals surface area contributed by atoms with Crippen molar-refractivity contribution in [3.05, 3.63) is 69.8 Å². The molecule has 8 nitrogen and oxygen atoms in total. The predicted octanol–water partition coefficient (Wildman–Crippen LogP) is 4.07. The number of rotatable bonds is 4. The third-order valence-electron chi connectivity index (χ3n) is 6.69. The van der Waals surface area contributed by atoms with Gasteiger partial charge in [-0.3, -0.25) is 4.79 Å². The van der Waals surface area contributed by atoms with Crippen LogP contribution in [0.1, 0.15) is 31.1 Å². The summed E-state index contributed by atoms with van der Waals surface area (Å²) in [6, 6.07) is 4.95. The number of aromatic nitrogens is 1. The molecule has 3 atom stereocenters. The topological polar surface area (TPSA) is 101 Å². The van der Waals surface area contributed by atoms with Gasteiger partial charge in [-0.2, -0.15) is 0 Å². The molecule has 1 aliphatic heterocycles. The van der Waals surface area contributed by atoms with E-state index in [-0.39, 0.29) is 40.2 Å². The number of alkyl carbamates (subject to hydrolysis) is 1. The van der Waals surface area contributed by atoms with Crippen molar-refractivity contribution in [1.29, 1.82) is 0 Å². The van der Waals surface area contributed by atoms with Gasteiger partial charge in [0.25, 0.3) is 0 Å². The fourth-order valence-electron chi connectivity index (χ4n) is 4.99. The minimum atomic E-state index is -1.56. The molecule has 3 aromatic rings. The largest absolute Gasteiger partial charge is 0.477 e. The van der Waals surface area contributed by atoms with Crippen LogP contribution < -0.4 is 15.6 Å². The number of carbonyl (C=O) groups is 2. The first-order valence-electron chi connectivity index (χ1n) is 11.7. The maximum absolute atomic E-state index is 15.2. The van der Waals surface area contributed by atoms with Gasteiger partial charge in [0.15, 0.2) is 0 Å². The first-order chi connectivity index (χ1) is 17.3. The van der Waals surface area contributed by atoms with E-state index in [1.54, 1.807) is 25.7 Å². The lowest BCUT2D eigenvalue weighted by Gasteiger charge is -2.25. The van der Waals surface area contributed by atoms with Crippen LogP contribution >= 0.6 is 0 Å². The quantitative estimate of drug-likeness (QED) is 0.544. The highest BCUT2D eigenvalue weighted by atomic mass is 19.1. The second-order valence-corrected chi connectivity index (χ2v) is 10.4.